The van der Waals surface area contributed by atoms with Gasteiger partial charge in [0.25, 0.3) is 0 Å². The molecule has 1 aromatic carbocycles. The fraction of sp³-hybridized carbons (Fsp3) is 0.500. The van der Waals surface area contributed by atoms with E-state index in [2.05, 4.69) is 14.8 Å². The van der Waals surface area contributed by atoms with Crippen molar-refractivity contribution in [1.82, 2.24) is 24.6 Å². The fourth-order valence-corrected chi connectivity index (χ4v) is 5.33. The molecule has 188 valence electrons. The first-order chi connectivity index (χ1) is 16.7. The smallest absolute Gasteiger partial charge is 0.242 e. The van der Waals surface area contributed by atoms with Gasteiger partial charge in [0, 0.05) is 48.0 Å². The minimum absolute atomic E-state index is 0.111. The molecule has 2 aliphatic rings. The highest BCUT2D eigenvalue weighted by Gasteiger charge is 2.39. The summed E-state index contributed by atoms with van der Waals surface area (Å²) in [4.78, 5) is 17.2. The second-order valence-electron chi connectivity index (χ2n) is 9.86. The highest BCUT2D eigenvalue weighted by atomic mass is 35.5. The number of hydrogen-bond donors (Lipinski definition) is 2. The van der Waals surface area contributed by atoms with E-state index in [0.29, 0.717) is 42.8 Å². The first kappa shape index (κ1) is 24.5. The lowest BCUT2D eigenvalue weighted by Gasteiger charge is -2.42. The van der Waals surface area contributed by atoms with Crippen molar-refractivity contribution >= 4 is 40.0 Å². The van der Waals surface area contributed by atoms with Crippen LogP contribution in [0.3, 0.4) is 0 Å². The number of halogens is 2. The minimum Gasteiger partial charge on any atom is -0.378 e. The Morgan fingerprint density at radius 1 is 1.29 bits per heavy atom. The van der Waals surface area contributed by atoms with E-state index in [1.807, 2.05) is 37.9 Å². The van der Waals surface area contributed by atoms with Gasteiger partial charge in [0.2, 0.25) is 12.3 Å². The first-order valence-electron chi connectivity index (χ1n) is 11.6. The number of fused-ring (bicyclic) bond motifs is 3. The average molecular weight is 522 g/mol. The van der Waals surface area contributed by atoms with E-state index in [4.69, 9.17) is 32.7 Å². The van der Waals surface area contributed by atoms with Gasteiger partial charge in [-0.15, -0.1) is 0 Å². The first-order valence-corrected chi connectivity index (χ1v) is 12.4. The number of benzene rings is 1. The standard InChI is InChI=1S/C24H29Cl2N5O4/c1-24(2,3)35-23(33)31-8-9-34-13-18(31)22(32)29-6-7-30-17(12-29)19(14-10-27-28-11-14)15-4-5-16(25)20(26)21(15)30/h4-5,10-11,18,23,33H,6-9,12-13H2,1-3H3,(H,27,28). The van der Waals surface area contributed by atoms with E-state index in [-0.39, 0.29) is 12.5 Å². The van der Waals surface area contributed by atoms with Crippen molar-refractivity contribution < 1.29 is 19.4 Å². The van der Waals surface area contributed by atoms with Crippen molar-refractivity contribution in [3.05, 3.63) is 40.3 Å². The van der Waals surface area contributed by atoms with E-state index < -0.39 is 18.1 Å². The number of hydrogen-bond acceptors (Lipinski definition) is 6. The minimum atomic E-state index is -1.20. The third kappa shape index (κ3) is 4.57. The highest BCUT2D eigenvalue weighted by Crippen LogP contribution is 2.42. The zero-order valence-corrected chi connectivity index (χ0v) is 21.4. The molecule has 0 aliphatic carbocycles. The number of aliphatic hydroxyl groups excluding tert-OH is 1. The second kappa shape index (κ2) is 9.38. The maximum Gasteiger partial charge on any atom is 0.242 e. The third-order valence-electron chi connectivity index (χ3n) is 6.45. The molecule has 2 unspecified atom stereocenters. The van der Waals surface area contributed by atoms with Crippen molar-refractivity contribution in [1.29, 1.82) is 0 Å². The molecule has 5 rings (SSSR count). The summed E-state index contributed by atoms with van der Waals surface area (Å²) in [5, 5.41) is 19.7. The van der Waals surface area contributed by atoms with Gasteiger partial charge in [0.15, 0.2) is 0 Å². The number of morpholine rings is 1. The molecule has 0 radical (unpaired) electrons. The third-order valence-corrected chi connectivity index (χ3v) is 7.25. The zero-order valence-electron chi connectivity index (χ0n) is 19.9. The van der Waals surface area contributed by atoms with Gasteiger partial charge in [-0.2, -0.15) is 5.10 Å². The fourth-order valence-electron chi connectivity index (χ4n) is 4.91. The summed E-state index contributed by atoms with van der Waals surface area (Å²) in [6, 6.07) is 3.10. The van der Waals surface area contributed by atoms with Crippen LogP contribution in [0.25, 0.3) is 22.0 Å². The number of carbonyl (C=O) groups is 1. The number of ether oxygens (including phenoxy) is 2. The monoisotopic (exact) mass is 521 g/mol. The molecule has 1 saturated heterocycles. The highest BCUT2D eigenvalue weighted by molar-refractivity contribution is 6.45. The van der Waals surface area contributed by atoms with E-state index in [9.17, 15) is 9.90 Å². The molecule has 35 heavy (non-hydrogen) atoms. The van der Waals surface area contributed by atoms with E-state index in [1.165, 1.54) is 0 Å². The van der Waals surface area contributed by atoms with Gasteiger partial charge >= 0.3 is 0 Å². The van der Waals surface area contributed by atoms with Gasteiger partial charge in [-0.05, 0) is 26.8 Å². The van der Waals surface area contributed by atoms with Crippen molar-refractivity contribution in [3.63, 3.8) is 0 Å². The molecule has 4 heterocycles. The molecular weight excluding hydrogens is 493 g/mol. The largest absolute Gasteiger partial charge is 0.378 e. The normalized spacial score (nSPS) is 20.3. The number of nitrogens with zero attached hydrogens (tertiary/aromatic N) is 4. The van der Waals surface area contributed by atoms with Crippen molar-refractivity contribution in [3.8, 4) is 11.1 Å². The molecule has 0 bridgehead atoms. The van der Waals surface area contributed by atoms with E-state index in [1.54, 1.807) is 17.2 Å². The number of rotatable bonds is 4. The Bertz CT molecular complexity index is 1240. The van der Waals surface area contributed by atoms with Crippen molar-refractivity contribution in [2.24, 2.45) is 0 Å². The van der Waals surface area contributed by atoms with Crippen molar-refractivity contribution in [2.45, 2.75) is 51.9 Å². The zero-order chi connectivity index (χ0) is 24.9. The number of aromatic nitrogens is 3. The molecule has 11 heteroatoms. The Balaban J connectivity index is 1.49. The summed E-state index contributed by atoms with van der Waals surface area (Å²) in [5.41, 5.74) is 3.14. The van der Waals surface area contributed by atoms with Gasteiger partial charge in [0.05, 0.1) is 47.1 Å². The number of nitrogens with one attached hydrogen (secondary N) is 1. The summed E-state index contributed by atoms with van der Waals surface area (Å²) >= 11 is 13.0. The summed E-state index contributed by atoms with van der Waals surface area (Å²) < 4.78 is 13.5. The molecule has 2 N–H and O–H groups in total. The molecule has 9 nitrogen and oxygen atoms in total. The Morgan fingerprint density at radius 2 is 2.09 bits per heavy atom. The van der Waals surface area contributed by atoms with Gasteiger partial charge in [-0.1, -0.05) is 29.3 Å². The molecule has 3 aromatic rings. The van der Waals surface area contributed by atoms with Gasteiger partial charge in [-0.3, -0.25) is 9.89 Å². The van der Waals surface area contributed by atoms with Crippen LogP contribution in [-0.4, -0.2) is 79.9 Å². The Labute approximate surface area is 213 Å². The van der Waals surface area contributed by atoms with Crippen LogP contribution in [-0.2, 0) is 27.4 Å². The lowest BCUT2D eigenvalue weighted by atomic mass is 10.0. The Hall–Kier alpha value is -2.14. The molecule has 1 amide bonds. The predicted octanol–water partition coefficient (Wildman–Crippen LogP) is 3.47. The quantitative estimate of drug-likeness (QED) is 0.510. The van der Waals surface area contributed by atoms with Gasteiger partial charge < -0.3 is 24.0 Å². The topological polar surface area (TPSA) is 95.9 Å². The average Bonchev–Trinajstić information content (AvgIpc) is 3.45. The number of H-pyrrole nitrogens is 1. The van der Waals surface area contributed by atoms with Crippen LogP contribution >= 0.6 is 23.2 Å². The maximum atomic E-state index is 13.7. The Morgan fingerprint density at radius 3 is 2.80 bits per heavy atom. The molecule has 2 aromatic heterocycles. The van der Waals surface area contributed by atoms with Crippen LogP contribution in [0.15, 0.2) is 24.5 Å². The molecular formula is C24H29Cl2N5O4. The van der Waals surface area contributed by atoms with Crippen LogP contribution < -0.4 is 0 Å². The lowest BCUT2D eigenvalue weighted by molar-refractivity contribution is -0.261. The van der Waals surface area contributed by atoms with Crippen molar-refractivity contribution in [2.75, 3.05) is 26.3 Å². The predicted molar refractivity (Wildman–Crippen MR) is 133 cm³/mol. The molecule has 0 saturated carbocycles. The van der Waals surface area contributed by atoms with Crippen LogP contribution in [0.2, 0.25) is 10.0 Å². The molecule has 2 aliphatic heterocycles. The summed E-state index contributed by atoms with van der Waals surface area (Å²) in [6.07, 6.45) is 2.39. The van der Waals surface area contributed by atoms with Gasteiger partial charge in [0.1, 0.15) is 6.04 Å². The summed E-state index contributed by atoms with van der Waals surface area (Å²) in [5.74, 6) is -0.111. The number of aliphatic hydroxyl groups is 1. The molecule has 2 atom stereocenters. The molecule has 0 spiro atoms. The van der Waals surface area contributed by atoms with Crippen LogP contribution in [0.4, 0.5) is 0 Å². The van der Waals surface area contributed by atoms with E-state index >= 15 is 0 Å². The maximum absolute atomic E-state index is 13.7. The summed E-state index contributed by atoms with van der Waals surface area (Å²) in [7, 11) is 0. The number of amides is 1. The lowest BCUT2D eigenvalue weighted by Crippen LogP contribution is -2.60. The van der Waals surface area contributed by atoms with Crippen LogP contribution in [0.5, 0.6) is 0 Å². The second-order valence-corrected chi connectivity index (χ2v) is 10.6. The summed E-state index contributed by atoms with van der Waals surface area (Å²) in [6.45, 7) is 8.04. The number of aromatic amines is 1. The van der Waals surface area contributed by atoms with Gasteiger partial charge in [-0.25, -0.2) is 4.90 Å². The van der Waals surface area contributed by atoms with Crippen LogP contribution in [0, 0.1) is 0 Å². The van der Waals surface area contributed by atoms with E-state index in [0.717, 1.165) is 27.7 Å². The molecule has 1 fully saturated rings. The SMILES string of the molecule is CC(C)(C)OC(O)N1CCOCC1C(=O)N1CCn2c(c(-c3cn[nH]c3)c3ccc(Cl)c(Cl)c32)C1. The Kier molecular flexibility index (Phi) is 6.58. The van der Waals surface area contributed by atoms with Crippen LogP contribution in [0.1, 0.15) is 26.5 Å². The number of carbonyl (C=O) groups excluding carboxylic acids is 1.